The predicted octanol–water partition coefficient (Wildman–Crippen LogP) is 4.39. The second-order valence-electron chi connectivity index (χ2n) is 6.00. The summed E-state index contributed by atoms with van der Waals surface area (Å²) in [6.07, 6.45) is 7.12. The van der Waals surface area contributed by atoms with E-state index in [1.165, 1.54) is 29.5 Å². The summed E-state index contributed by atoms with van der Waals surface area (Å²) < 4.78 is 14.9. The van der Waals surface area contributed by atoms with Gasteiger partial charge in [0.25, 0.3) is 0 Å². The quantitative estimate of drug-likeness (QED) is 0.620. The first-order valence-electron chi connectivity index (χ1n) is 7.96. The number of fused-ring (bicyclic) bond motifs is 1. The third kappa shape index (κ3) is 3.45. The number of carbonyl (C=O) groups excluding carboxylic acids is 1. The fourth-order valence-corrected chi connectivity index (χ4v) is 3.74. The van der Waals surface area contributed by atoms with Crippen LogP contribution in [0.3, 0.4) is 0 Å². The van der Waals surface area contributed by atoms with Gasteiger partial charge < -0.3 is 4.90 Å². The largest absolute Gasteiger partial charge is 0.332 e. The highest BCUT2D eigenvalue weighted by Crippen LogP contribution is 2.29. The Balaban J connectivity index is 1.54. The second kappa shape index (κ2) is 6.61. The average molecular weight is 376 g/mol. The molecule has 7 heteroatoms. The minimum absolute atomic E-state index is 0.0759. The molecular weight excluding hydrogens is 361 g/mol. The summed E-state index contributed by atoms with van der Waals surface area (Å²) >= 11 is 7.64. The zero-order valence-corrected chi connectivity index (χ0v) is 14.8. The molecule has 2 aromatic heterocycles. The zero-order valence-electron chi connectivity index (χ0n) is 13.2. The van der Waals surface area contributed by atoms with Crippen molar-refractivity contribution in [2.24, 2.45) is 0 Å². The Morgan fingerprint density at radius 1 is 1.40 bits per heavy atom. The monoisotopic (exact) mass is 375 g/mol. The molecule has 128 valence electrons. The van der Waals surface area contributed by atoms with Crippen LogP contribution in [0.1, 0.15) is 24.1 Å². The predicted molar refractivity (Wildman–Crippen MR) is 97.1 cm³/mol. The number of nitrogens with zero attached hydrogens (tertiary/aromatic N) is 3. The third-order valence-corrected chi connectivity index (χ3v) is 5.21. The highest BCUT2D eigenvalue weighted by atomic mass is 35.5. The van der Waals surface area contributed by atoms with Crippen molar-refractivity contribution in [3.05, 3.63) is 64.1 Å². The first-order chi connectivity index (χ1) is 12.1. The molecule has 4 nitrogen and oxygen atoms in total. The number of amides is 1. The molecule has 0 saturated heterocycles. The lowest BCUT2D eigenvalue weighted by molar-refractivity contribution is -0.127. The molecule has 0 spiro atoms. The normalized spacial score (nSPS) is 14.5. The molecule has 1 saturated carbocycles. The maximum atomic E-state index is 13.1. The number of benzene rings is 1. The van der Waals surface area contributed by atoms with Crippen molar-refractivity contribution in [3.63, 3.8) is 0 Å². The van der Waals surface area contributed by atoms with Gasteiger partial charge in [0.05, 0.1) is 5.69 Å². The maximum Gasteiger partial charge on any atom is 0.247 e. The van der Waals surface area contributed by atoms with Gasteiger partial charge in [-0.15, -0.1) is 11.3 Å². The van der Waals surface area contributed by atoms with E-state index >= 15 is 0 Å². The van der Waals surface area contributed by atoms with Crippen LogP contribution in [0, 0.1) is 5.82 Å². The standard InChI is InChI=1S/C18H15ClFN3OS/c19-17-15(22-9-10-25-18(22)21-17)7-8-16(24)23(14-5-6-14)11-12-1-3-13(20)4-2-12/h1-4,7-10,14H,5-6,11H2/b8-7+. The highest BCUT2D eigenvalue weighted by Gasteiger charge is 2.31. The van der Waals surface area contributed by atoms with E-state index in [1.807, 2.05) is 20.9 Å². The molecule has 0 aliphatic heterocycles. The van der Waals surface area contributed by atoms with Crippen molar-refractivity contribution in [1.29, 1.82) is 0 Å². The molecule has 1 aliphatic rings. The van der Waals surface area contributed by atoms with Crippen molar-refractivity contribution in [2.45, 2.75) is 25.4 Å². The summed E-state index contributed by atoms with van der Waals surface area (Å²) in [6.45, 7) is 0.474. The van der Waals surface area contributed by atoms with Crippen LogP contribution in [0.2, 0.25) is 5.15 Å². The molecule has 0 radical (unpaired) electrons. The fraction of sp³-hybridized carbons (Fsp3) is 0.222. The van der Waals surface area contributed by atoms with Gasteiger partial charge in [0.15, 0.2) is 10.1 Å². The zero-order chi connectivity index (χ0) is 17.4. The molecule has 1 aliphatic carbocycles. The lowest BCUT2D eigenvalue weighted by Gasteiger charge is -2.21. The Labute approximate surface area is 153 Å². The number of hydrogen-bond donors (Lipinski definition) is 0. The lowest BCUT2D eigenvalue weighted by Crippen LogP contribution is -2.31. The van der Waals surface area contributed by atoms with E-state index in [4.69, 9.17) is 11.6 Å². The van der Waals surface area contributed by atoms with Crippen molar-refractivity contribution in [3.8, 4) is 0 Å². The topological polar surface area (TPSA) is 37.6 Å². The van der Waals surface area contributed by atoms with Crippen molar-refractivity contribution in [2.75, 3.05) is 0 Å². The SMILES string of the molecule is O=C(/C=C/c1c(Cl)nc2sccn12)N(Cc1ccc(F)cc1)C1CC1. The highest BCUT2D eigenvalue weighted by molar-refractivity contribution is 7.15. The molecule has 2 heterocycles. The van der Waals surface area contributed by atoms with Gasteiger partial charge in [-0.1, -0.05) is 23.7 Å². The molecule has 25 heavy (non-hydrogen) atoms. The van der Waals surface area contributed by atoms with E-state index in [0.29, 0.717) is 17.4 Å². The third-order valence-electron chi connectivity index (χ3n) is 4.17. The minimum Gasteiger partial charge on any atom is -0.332 e. The maximum absolute atomic E-state index is 13.1. The van der Waals surface area contributed by atoms with E-state index in [1.54, 1.807) is 18.2 Å². The van der Waals surface area contributed by atoms with Gasteiger partial charge >= 0.3 is 0 Å². The Morgan fingerprint density at radius 3 is 2.88 bits per heavy atom. The van der Waals surface area contributed by atoms with Crippen molar-refractivity contribution in [1.82, 2.24) is 14.3 Å². The van der Waals surface area contributed by atoms with E-state index in [0.717, 1.165) is 23.4 Å². The van der Waals surface area contributed by atoms with E-state index < -0.39 is 0 Å². The Bertz CT molecular complexity index is 943. The van der Waals surface area contributed by atoms with Gasteiger partial charge in [0, 0.05) is 30.2 Å². The van der Waals surface area contributed by atoms with Crippen LogP contribution in [-0.2, 0) is 11.3 Å². The lowest BCUT2D eigenvalue weighted by atomic mass is 10.2. The molecule has 0 bridgehead atoms. The summed E-state index contributed by atoms with van der Waals surface area (Å²) in [7, 11) is 0. The van der Waals surface area contributed by atoms with E-state index in [-0.39, 0.29) is 17.8 Å². The van der Waals surface area contributed by atoms with E-state index in [2.05, 4.69) is 4.98 Å². The van der Waals surface area contributed by atoms with Crippen LogP contribution in [0.4, 0.5) is 4.39 Å². The summed E-state index contributed by atoms with van der Waals surface area (Å²) in [5.74, 6) is -0.351. The van der Waals surface area contributed by atoms with Gasteiger partial charge in [0.1, 0.15) is 5.82 Å². The van der Waals surface area contributed by atoms with Gasteiger partial charge in [-0.05, 0) is 36.6 Å². The molecule has 0 unspecified atom stereocenters. The molecule has 0 N–H and O–H groups in total. The van der Waals surface area contributed by atoms with Crippen LogP contribution >= 0.6 is 22.9 Å². The number of carbonyl (C=O) groups is 1. The molecule has 1 aromatic carbocycles. The number of aromatic nitrogens is 2. The summed E-state index contributed by atoms with van der Waals surface area (Å²) in [4.78, 5) is 19.5. The summed E-state index contributed by atoms with van der Waals surface area (Å²) in [5, 5.41) is 2.30. The van der Waals surface area contributed by atoms with Crippen LogP contribution in [0.5, 0.6) is 0 Å². The molecule has 4 rings (SSSR count). The van der Waals surface area contributed by atoms with Crippen LogP contribution in [-0.4, -0.2) is 26.2 Å². The molecule has 0 atom stereocenters. The fourth-order valence-electron chi connectivity index (χ4n) is 2.73. The van der Waals surface area contributed by atoms with Crippen LogP contribution < -0.4 is 0 Å². The van der Waals surface area contributed by atoms with Gasteiger partial charge in [-0.3, -0.25) is 9.20 Å². The Hall–Kier alpha value is -2.18. The number of hydrogen-bond acceptors (Lipinski definition) is 3. The average Bonchev–Trinajstić information content (AvgIpc) is 3.26. The minimum atomic E-state index is -0.275. The van der Waals surface area contributed by atoms with Gasteiger partial charge in [-0.2, -0.15) is 0 Å². The first kappa shape index (κ1) is 16.3. The van der Waals surface area contributed by atoms with Crippen LogP contribution in [0.15, 0.2) is 41.9 Å². The van der Waals surface area contributed by atoms with Crippen LogP contribution in [0.25, 0.3) is 11.0 Å². The molecular formula is C18H15ClFN3OS. The van der Waals surface area contributed by atoms with E-state index in [9.17, 15) is 9.18 Å². The molecule has 3 aromatic rings. The summed E-state index contributed by atoms with van der Waals surface area (Å²) in [6, 6.07) is 6.51. The van der Waals surface area contributed by atoms with Gasteiger partial charge in [0.2, 0.25) is 5.91 Å². The number of halogens is 2. The number of thiazole rings is 1. The molecule has 1 amide bonds. The van der Waals surface area contributed by atoms with Crippen molar-refractivity contribution >= 4 is 39.9 Å². The first-order valence-corrected chi connectivity index (χ1v) is 9.22. The Kier molecular flexibility index (Phi) is 4.31. The number of rotatable bonds is 5. The Morgan fingerprint density at radius 2 is 2.16 bits per heavy atom. The number of imidazole rings is 1. The smallest absolute Gasteiger partial charge is 0.247 e. The summed E-state index contributed by atoms with van der Waals surface area (Å²) in [5.41, 5.74) is 1.61. The second-order valence-corrected chi connectivity index (χ2v) is 7.23. The van der Waals surface area contributed by atoms with Gasteiger partial charge in [-0.25, -0.2) is 9.37 Å². The van der Waals surface area contributed by atoms with Crippen molar-refractivity contribution < 1.29 is 9.18 Å². The molecule has 1 fully saturated rings.